The van der Waals surface area contributed by atoms with E-state index < -0.39 is 16.1 Å². The minimum Gasteiger partial charge on any atom is -0.323 e. The number of anilines is 2. The van der Waals surface area contributed by atoms with Gasteiger partial charge in [-0.25, -0.2) is 8.42 Å². The van der Waals surface area contributed by atoms with Crippen LogP contribution in [0.3, 0.4) is 0 Å². The lowest BCUT2D eigenvalue weighted by Crippen LogP contribution is -2.32. The van der Waals surface area contributed by atoms with Gasteiger partial charge in [-0.05, 0) is 19.1 Å². The Morgan fingerprint density at radius 2 is 1.82 bits per heavy atom. The number of carbonyl (C=O) groups is 1. The Hall–Kier alpha value is -1.60. The maximum absolute atomic E-state index is 11.4. The molecule has 1 amide bonds. The number of carbonyl (C=O) groups excluding carboxylic acids is 1. The Kier molecular flexibility index (Phi) is 4.08. The Bertz CT molecular complexity index is 511. The molecular weight excluding hydrogens is 242 g/mol. The third-order valence-electron chi connectivity index (χ3n) is 1.89. The lowest BCUT2D eigenvalue weighted by Gasteiger charge is -2.12. The lowest BCUT2D eigenvalue weighted by molar-refractivity contribution is -0.117. The van der Waals surface area contributed by atoms with E-state index in [9.17, 15) is 13.2 Å². The molecule has 0 aliphatic carbocycles. The summed E-state index contributed by atoms with van der Waals surface area (Å²) in [5.41, 5.74) is 6.09. The van der Waals surface area contributed by atoms with Crippen LogP contribution in [0, 0.1) is 0 Å². The van der Waals surface area contributed by atoms with Crippen LogP contribution in [-0.4, -0.2) is 26.6 Å². The summed E-state index contributed by atoms with van der Waals surface area (Å²) < 4.78 is 24.6. The highest BCUT2D eigenvalue weighted by Crippen LogP contribution is 2.21. The third-order valence-corrected chi connectivity index (χ3v) is 2.48. The van der Waals surface area contributed by atoms with E-state index in [-0.39, 0.29) is 5.91 Å². The minimum absolute atomic E-state index is 0.309. The highest BCUT2D eigenvalue weighted by atomic mass is 32.2. The van der Waals surface area contributed by atoms with E-state index in [4.69, 9.17) is 5.73 Å². The molecule has 0 radical (unpaired) electrons. The van der Waals surface area contributed by atoms with Crippen LogP contribution in [0.25, 0.3) is 0 Å². The quantitative estimate of drug-likeness (QED) is 0.724. The summed E-state index contributed by atoms with van der Waals surface area (Å²) in [4.78, 5) is 11.4. The molecule has 0 fully saturated rings. The van der Waals surface area contributed by atoms with Gasteiger partial charge >= 0.3 is 0 Å². The smallest absolute Gasteiger partial charge is 0.241 e. The van der Waals surface area contributed by atoms with Crippen LogP contribution < -0.4 is 15.8 Å². The third kappa shape index (κ3) is 4.41. The van der Waals surface area contributed by atoms with Crippen molar-refractivity contribution in [2.75, 3.05) is 16.3 Å². The molecule has 0 aliphatic heterocycles. The second-order valence-corrected chi connectivity index (χ2v) is 5.45. The molecule has 1 rings (SSSR count). The van der Waals surface area contributed by atoms with Crippen LogP contribution in [-0.2, 0) is 14.8 Å². The first-order valence-electron chi connectivity index (χ1n) is 4.93. The molecule has 6 nitrogen and oxygen atoms in total. The predicted octanol–water partition coefficient (Wildman–Crippen LogP) is 0.344. The van der Waals surface area contributed by atoms with E-state index in [1.54, 1.807) is 31.2 Å². The topological polar surface area (TPSA) is 101 Å². The second-order valence-electron chi connectivity index (χ2n) is 3.70. The fourth-order valence-corrected chi connectivity index (χ4v) is 1.70. The summed E-state index contributed by atoms with van der Waals surface area (Å²) in [6.45, 7) is 1.54. The molecule has 0 saturated carbocycles. The van der Waals surface area contributed by atoms with Gasteiger partial charge in [0.15, 0.2) is 0 Å². The van der Waals surface area contributed by atoms with Crippen molar-refractivity contribution in [1.29, 1.82) is 0 Å². The van der Waals surface area contributed by atoms with E-state index >= 15 is 0 Å². The summed E-state index contributed by atoms with van der Waals surface area (Å²) >= 11 is 0. The molecule has 0 unspecified atom stereocenters. The Morgan fingerprint density at radius 3 is 2.29 bits per heavy atom. The van der Waals surface area contributed by atoms with E-state index in [0.717, 1.165) is 6.26 Å². The molecule has 17 heavy (non-hydrogen) atoms. The van der Waals surface area contributed by atoms with Crippen LogP contribution >= 0.6 is 0 Å². The zero-order chi connectivity index (χ0) is 13.1. The molecular formula is C10H15N3O3S. The number of nitrogens with two attached hydrogens (primary N) is 1. The van der Waals surface area contributed by atoms with E-state index in [0.29, 0.717) is 11.4 Å². The maximum Gasteiger partial charge on any atom is 0.241 e. The van der Waals surface area contributed by atoms with Gasteiger partial charge in [0.1, 0.15) is 0 Å². The fraction of sp³-hybridized carbons (Fsp3) is 0.300. The first-order chi connectivity index (χ1) is 7.79. The molecule has 4 N–H and O–H groups in total. The Morgan fingerprint density at radius 1 is 1.29 bits per heavy atom. The maximum atomic E-state index is 11.4. The molecule has 0 saturated heterocycles. The summed E-state index contributed by atoms with van der Waals surface area (Å²) in [5, 5.41) is 2.54. The summed E-state index contributed by atoms with van der Waals surface area (Å²) in [6, 6.07) is 5.83. The monoisotopic (exact) mass is 257 g/mol. The van der Waals surface area contributed by atoms with Gasteiger partial charge in [0.25, 0.3) is 0 Å². The fourth-order valence-electron chi connectivity index (χ4n) is 1.13. The number of para-hydroxylation sites is 2. The molecule has 0 bridgehead atoms. The molecule has 1 aromatic rings. The number of amides is 1. The zero-order valence-electron chi connectivity index (χ0n) is 9.60. The Balaban J connectivity index is 2.96. The van der Waals surface area contributed by atoms with Crippen molar-refractivity contribution in [3.05, 3.63) is 24.3 Å². The van der Waals surface area contributed by atoms with Crippen molar-refractivity contribution in [3.63, 3.8) is 0 Å². The normalized spacial score (nSPS) is 12.9. The number of sulfonamides is 1. The van der Waals surface area contributed by atoms with Crippen molar-refractivity contribution in [3.8, 4) is 0 Å². The summed E-state index contributed by atoms with van der Waals surface area (Å²) in [6.07, 6.45) is 1.04. The van der Waals surface area contributed by atoms with Crippen LogP contribution in [0.2, 0.25) is 0 Å². The first kappa shape index (κ1) is 13.5. The molecule has 7 heteroatoms. The SMILES string of the molecule is C[C@@H](N)C(=O)Nc1ccccc1NS(C)(=O)=O. The average molecular weight is 257 g/mol. The van der Waals surface area contributed by atoms with Gasteiger partial charge in [-0.1, -0.05) is 12.1 Å². The van der Waals surface area contributed by atoms with Gasteiger partial charge in [0.05, 0.1) is 23.7 Å². The van der Waals surface area contributed by atoms with Gasteiger partial charge in [0, 0.05) is 0 Å². The first-order valence-corrected chi connectivity index (χ1v) is 6.82. The van der Waals surface area contributed by atoms with Crippen molar-refractivity contribution in [1.82, 2.24) is 0 Å². The van der Waals surface area contributed by atoms with Gasteiger partial charge in [-0.15, -0.1) is 0 Å². The molecule has 1 aromatic carbocycles. The minimum atomic E-state index is -3.39. The average Bonchev–Trinajstić information content (AvgIpc) is 2.18. The zero-order valence-corrected chi connectivity index (χ0v) is 10.4. The van der Waals surface area contributed by atoms with Crippen molar-refractivity contribution < 1.29 is 13.2 Å². The highest BCUT2D eigenvalue weighted by Gasteiger charge is 2.11. The van der Waals surface area contributed by atoms with Crippen LogP contribution in [0.4, 0.5) is 11.4 Å². The van der Waals surface area contributed by atoms with Crippen molar-refractivity contribution in [2.45, 2.75) is 13.0 Å². The molecule has 0 aromatic heterocycles. The summed E-state index contributed by atoms with van der Waals surface area (Å²) in [5.74, 6) is -0.382. The molecule has 0 heterocycles. The molecule has 94 valence electrons. The number of nitrogens with one attached hydrogen (secondary N) is 2. The molecule has 0 aliphatic rings. The van der Waals surface area contributed by atoms with Crippen molar-refractivity contribution in [2.24, 2.45) is 5.73 Å². The molecule has 1 atom stereocenters. The number of hydrogen-bond donors (Lipinski definition) is 3. The van der Waals surface area contributed by atoms with Gasteiger partial charge in [-0.3, -0.25) is 9.52 Å². The number of hydrogen-bond acceptors (Lipinski definition) is 4. The standard InChI is InChI=1S/C10H15N3O3S/c1-7(11)10(14)12-8-5-3-4-6-9(8)13-17(2,15)16/h3-7,13H,11H2,1-2H3,(H,12,14)/t7-/m1/s1. The van der Waals surface area contributed by atoms with E-state index in [2.05, 4.69) is 10.0 Å². The van der Waals surface area contributed by atoms with Crippen molar-refractivity contribution >= 4 is 27.3 Å². The predicted molar refractivity (Wildman–Crippen MR) is 67.2 cm³/mol. The van der Waals surface area contributed by atoms with Gasteiger partial charge in [0.2, 0.25) is 15.9 Å². The van der Waals surface area contributed by atoms with Gasteiger partial charge in [-0.2, -0.15) is 0 Å². The highest BCUT2D eigenvalue weighted by molar-refractivity contribution is 7.92. The van der Waals surface area contributed by atoms with Crippen LogP contribution in [0.5, 0.6) is 0 Å². The number of benzene rings is 1. The largest absolute Gasteiger partial charge is 0.323 e. The van der Waals surface area contributed by atoms with E-state index in [1.807, 2.05) is 0 Å². The summed E-state index contributed by atoms with van der Waals surface area (Å²) in [7, 11) is -3.39. The molecule has 0 spiro atoms. The van der Waals surface area contributed by atoms with E-state index in [1.165, 1.54) is 0 Å². The van der Waals surface area contributed by atoms with Crippen LogP contribution in [0.15, 0.2) is 24.3 Å². The van der Waals surface area contributed by atoms with Crippen LogP contribution in [0.1, 0.15) is 6.92 Å². The Labute approximate surface area is 100 Å². The second kappa shape index (κ2) is 5.15. The van der Waals surface area contributed by atoms with Gasteiger partial charge < -0.3 is 11.1 Å². The number of rotatable bonds is 4. The lowest BCUT2D eigenvalue weighted by atomic mass is 10.2.